The van der Waals surface area contributed by atoms with Gasteiger partial charge in [0.15, 0.2) is 10.4 Å². The van der Waals surface area contributed by atoms with Gasteiger partial charge in [-0.05, 0) is 34.2 Å². The highest BCUT2D eigenvalue weighted by Gasteiger charge is 2.07. The van der Waals surface area contributed by atoms with E-state index in [9.17, 15) is 0 Å². The molecule has 0 aliphatic heterocycles. The van der Waals surface area contributed by atoms with E-state index in [0.29, 0.717) is 4.77 Å². The van der Waals surface area contributed by atoms with Crippen molar-refractivity contribution in [2.45, 2.75) is 13.0 Å². The van der Waals surface area contributed by atoms with Gasteiger partial charge in [0.1, 0.15) is 5.82 Å². The molecule has 1 N–H and O–H groups in total. The summed E-state index contributed by atoms with van der Waals surface area (Å²) < 4.78 is 5.65. The van der Waals surface area contributed by atoms with Gasteiger partial charge in [0.2, 0.25) is 0 Å². The van der Waals surface area contributed by atoms with Crippen LogP contribution < -0.4 is 0 Å². The van der Waals surface area contributed by atoms with Gasteiger partial charge in [-0.1, -0.05) is 0 Å². The Morgan fingerprint density at radius 1 is 1.42 bits per heavy atom. The summed E-state index contributed by atoms with van der Waals surface area (Å²) in [6, 6.07) is 1.98. The van der Waals surface area contributed by atoms with Crippen LogP contribution in [-0.2, 0) is 20.0 Å². The molecule has 19 heavy (non-hydrogen) atoms. The first-order valence-corrected chi connectivity index (χ1v) is 7.05. The van der Waals surface area contributed by atoms with Crippen molar-refractivity contribution in [1.82, 2.24) is 24.1 Å². The maximum Gasteiger partial charge on any atom is 0.179 e. The third-order valence-corrected chi connectivity index (χ3v) is 3.81. The van der Waals surface area contributed by atoms with Crippen LogP contribution in [0, 0.1) is 4.77 Å². The molecule has 0 aromatic carbocycles. The van der Waals surface area contributed by atoms with Crippen molar-refractivity contribution in [3.63, 3.8) is 0 Å². The zero-order valence-electron chi connectivity index (χ0n) is 10.3. The van der Waals surface area contributed by atoms with Gasteiger partial charge in [0.25, 0.3) is 0 Å². The second-order valence-corrected chi connectivity index (χ2v) is 5.61. The fourth-order valence-electron chi connectivity index (χ4n) is 2.07. The minimum Gasteiger partial charge on any atom is -0.338 e. The molecule has 0 aliphatic rings. The second-order valence-electron chi connectivity index (χ2n) is 4.31. The smallest absolute Gasteiger partial charge is 0.179 e. The lowest BCUT2D eigenvalue weighted by Gasteiger charge is -2.04. The summed E-state index contributed by atoms with van der Waals surface area (Å²) in [4.78, 5) is 11.9. The monoisotopic (exact) mass is 337 g/mol. The summed E-state index contributed by atoms with van der Waals surface area (Å²) in [5.74, 6) is 1.04. The Bertz CT molecular complexity index is 785. The molecule has 0 bridgehead atoms. The van der Waals surface area contributed by atoms with Gasteiger partial charge < -0.3 is 14.1 Å². The number of imidazole rings is 2. The van der Waals surface area contributed by atoms with Gasteiger partial charge in [0, 0.05) is 43.1 Å². The van der Waals surface area contributed by atoms with Gasteiger partial charge in [-0.25, -0.2) is 9.97 Å². The van der Waals surface area contributed by atoms with Gasteiger partial charge in [-0.2, -0.15) is 0 Å². The van der Waals surface area contributed by atoms with E-state index in [1.54, 1.807) is 12.4 Å². The summed E-state index contributed by atoms with van der Waals surface area (Å²) in [6.45, 7) is 0.762. The Morgan fingerprint density at radius 2 is 2.26 bits per heavy atom. The highest BCUT2D eigenvalue weighted by atomic mass is 79.9. The first-order valence-electron chi connectivity index (χ1n) is 5.85. The minimum atomic E-state index is 0.690. The maximum atomic E-state index is 5.35. The quantitative estimate of drug-likeness (QED) is 0.747. The number of aromatic nitrogens is 5. The Kier molecular flexibility index (Phi) is 3.24. The molecular formula is C12H12BrN5S. The number of halogens is 1. The molecule has 3 rings (SSSR count). The van der Waals surface area contributed by atoms with E-state index in [1.807, 2.05) is 28.4 Å². The number of rotatable bonds is 3. The Labute approximate surface area is 123 Å². The molecular weight excluding hydrogens is 326 g/mol. The van der Waals surface area contributed by atoms with Crippen molar-refractivity contribution in [3.8, 4) is 0 Å². The van der Waals surface area contributed by atoms with Crippen LogP contribution in [0.25, 0.3) is 11.2 Å². The summed E-state index contributed by atoms with van der Waals surface area (Å²) >= 11 is 8.76. The predicted octanol–water partition coefficient (Wildman–Crippen LogP) is 2.83. The standard InChI is InChI=1S/C12H12BrN5S/c1-17-5-3-14-10(17)2-4-18-11-9(16-12(18)19)6-8(13)7-15-11/h3,5-7H,2,4H2,1H3,(H,16,19). The van der Waals surface area contributed by atoms with Crippen LogP contribution in [0.3, 0.4) is 0 Å². The highest BCUT2D eigenvalue weighted by molar-refractivity contribution is 9.10. The van der Waals surface area contributed by atoms with Crippen LogP contribution in [-0.4, -0.2) is 24.1 Å². The summed E-state index contributed by atoms with van der Waals surface area (Å²) in [5.41, 5.74) is 1.82. The van der Waals surface area contributed by atoms with Crippen LogP contribution in [0.15, 0.2) is 29.1 Å². The van der Waals surface area contributed by atoms with Crippen molar-refractivity contribution >= 4 is 39.3 Å². The topological polar surface area (TPSA) is 51.4 Å². The van der Waals surface area contributed by atoms with E-state index in [1.165, 1.54) is 0 Å². The summed E-state index contributed by atoms with van der Waals surface area (Å²) in [5, 5.41) is 0. The molecule has 0 atom stereocenters. The molecule has 0 amide bonds. The molecule has 5 nitrogen and oxygen atoms in total. The number of H-pyrrole nitrogens is 1. The zero-order chi connectivity index (χ0) is 13.4. The molecule has 0 unspecified atom stereocenters. The molecule has 0 saturated carbocycles. The van der Waals surface area contributed by atoms with Crippen LogP contribution in [0.1, 0.15) is 5.82 Å². The lowest BCUT2D eigenvalue weighted by atomic mass is 10.4. The van der Waals surface area contributed by atoms with E-state index in [-0.39, 0.29) is 0 Å². The van der Waals surface area contributed by atoms with Crippen molar-refractivity contribution in [2.24, 2.45) is 7.05 Å². The van der Waals surface area contributed by atoms with Crippen LogP contribution in [0.2, 0.25) is 0 Å². The number of pyridine rings is 1. The molecule has 3 aromatic heterocycles. The molecule has 0 fully saturated rings. The van der Waals surface area contributed by atoms with Gasteiger partial charge in [0.05, 0.1) is 5.52 Å². The fourth-order valence-corrected chi connectivity index (χ4v) is 2.69. The van der Waals surface area contributed by atoms with Crippen molar-refractivity contribution in [2.75, 3.05) is 0 Å². The first kappa shape index (κ1) is 12.6. The van der Waals surface area contributed by atoms with E-state index in [0.717, 1.165) is 34.4 Å². The first-order chi connectivity index (χ1) is 9.15. The number of hydrogen-bond donors (Lipinski definition) is 1. The van der Waals surface area contributed by atoms with Crippen molar-refractivity contribution in [3.05, 3.63) is 39.7 Å². The lowest BCUT2D eigenvalue weighted by Crippen LogP contribution is -2.06. The van der Waals surface area contributed by atoms with Crippen LogP contribution >= 0.6 is 28.1 Å². The zero-order valence-corrected chi connectivity index (χ0v) is 12.7. The Hall–Kier alpha value is -1.47. The fraction of sp³-hybridized carbons (Fsp3) is 0.250. The second kappa shape index (κ2) is 4.90. The van der Waals surface area contributed by atoms with E-state index in [4.69, 9.17) is 12.2 Å². The van der Waals surface area contributed by atoms with Crippen LogP contribution in [0.4, 0.5) is 0 Å². The number of aryl methyl sites for hydroxylation is 3. The normalized spacial score (nSPS) is 11.3. The van der Waals surface area contributed by atoms with Gasteiger partial charge >= 0.3 is 0 Å². The Balaban J connectivity index is 1.95. The number of nitrogens with one attached hydrogen (secondary N) is 1. The molecule has 3 aromatic rings. The summed E-state index contributed by atoms with van der Waals surface area (Å²) in [7, 11) is 1.99. The van der Waals surface area contributed by atoms with Crippen molar-refractivity contribution in [1.29, 1.82) is 0 Å². The largest absolute Gasteiger partial charge is 0.338 e. The van der Waals surface area contributed by atoms with Gasteiger partial charge in [-0.15, -0.1) is 0 Å². The molecule has 0 aliphatic carbocycles. The summed E-state index contributed by atoms with van der Waals surface area (Å²) in [6.07, 6.45) is 6.35. The molecule has 3 heterocycles. The molecule has 0 saturated heterocycles. The maximum absolute atomic E-state index is 5.35. The number of fused-ring (bicyclic) bond motifs is 1. The number of hydrogen-bond acceptors (Lipinski definition) is 3. The van der Waals surface area contributed by atoms with E-state index in [2.05, 4.69) is 30.9 Å². The highest BCUT2D eigenvalue weighted by Crippen LogP contribution is 2.17. The average molecular weight is 338 g/mol. The number of aromatic amines is 1. The SMILES string of the molecule is Cn1ccnc1CCn1c(=S)[nH]c2cc(Br)cnc21. The minimum absolute atomic E-state index is 0.690. The lowest BCUT2D eigenvalue weighted by molar-refractivity contribution is 0.654. The number of nitrogens with zero attached hydrogens (tertiary/aromatic N) is 4. The molecule has 0 spiro atoms. The molecule has 7 heteroatoms. The Morgan fingerprint density at radius 3 is 3.00 bits per heavy atom. The van der Waals surface area contributed by atoms with Gasteiger partial charge in [-0.3, -0.25) is 0 Å². The van der Waals surface area contributed by atoms with Crippen LogP contribution in [0.5, 0.6) is 0 Å². The van der Waals surface area contributed by atoms with E-state index >= 15 is 0 Å². The third-order valence-electron chi connectivity index (χ3n) is 3.06. The molecule has 0 radical (unpaired) electrons. The molecule has 98 valence electrons. The average Bonchev–Trinajstić information content (AvgIpc) is 2.90. The van der Waals surface area contributed by atoms with E-state index < -0.39 is 0 Å². The predicted molar refractivity (Wildman–Crippen MR) is 79.5 cm³/mol. The third kappa shape index (κ3) is 2.35. The van der Waals surface area contributed by atoms with Crippen molar-refractivity contribution < 1.29 is 0 Å².